The highest BCUT2D eigenvalue weighted by atomic mass is 32.2. The smallest absolute Gasteiger partial charge is 0.207 e. The van der Waals surface area contributed by atoms with Crippen molar-refractivity contribution in [1.82, 2.24) is 8.61 Å². The Morgan fingerprint density at radius 1 is 0.786 bits per heavy atom. The fourth-order valence-electron chi connectivity index (χ4n) is 3.12. The summed E-state index contributed by atoms with van der Waals surface area (Å²) in [6.45, 7) is 4.03. The summed E-state index contributed by atoms with van der Waals surface area (Å²) < 4.78 is 67.3. The van der Waals surface area contributed by atoms with E-state index in [1.807, 2.05) is 13.8 Å². The van der Waals surface area contributed by atoms with Gasteiger partial charge in [0.2, 0.25) is 20.0 Å². The molecule has 0 radical (unpaired) electrons. The van der Waals surface area contributed by atoms with Gasteiger partial charge in [0.25, 0.3) is 0 Å². The van der Waals surface area contributed by atoms with Crippen LogP contribution in [0.25, 0.3) is 0 Å². The van der Waals surface area contributed by atoms with Gasteiger partial charge >= 0.3 is 0 Å². The lowest BCUT2D eigenvalue weighted by atomic mass is 10.0. The van der Waals surface area contributed by atoms with Crippen molar-refractivity contribution in [3.8, 4) is 0 Å². The number of rotatable bonds is 5. The van der Waals surface area contributed by atoms with Crippen molar-refractivity contribution in [2.24, 2.45) is 0 Å². The summed E-state index contributed by atoms with van der Waals surface area (Å²) in [7, 11) is -7.71. The van der Waals surface area contributed by atoms with Gasteiger partial charge in [0.1, 0.15) is 10.7 Å². The second-order valence-electron chi connectivity index (χ2n) is 6.96. The van der Waals surface area contributed by atoms with Gasteiger partial charge < -0.3 is 0 Å². The predicted molar refractivity (Wildman–Crippen MR) is 104 cm³/mol. The van der Waals surface area contributed by atoms with Crippen molar-refractivity contribution in [2.75, 3.05) is 26.2 Å². The monoisotopic (exact) mass is 426 g/mol. The zero-order chi connectivity index (χ0) is 20.5. The lowest BCUT2D eigenvalue weighted by Gasteiger charge is -2.33. The fourth-order valence-corrected chi connectivity index (χ4v) is 6.03. The highest BCUT2D eigenvalue weighted by Gasteiger charge is 2.34. The third kappa shape index (κ3) is 3.98. The van der Waals surface area contributed by atoms with Gasteiger partial charge in [0.05, 0.1) is 4.90 Å². The van der Waals surface area contributed by atoms with E-state index >= 15 is 0 Å². The molecule has 0 N–H and O–H groups in total. The number of hydrogen-bond acceptors (Lipinski definition) is 4. The molecule has 1 aliphatic rings. The predicted octanol–water partition coefficient (Wildman–Crippen LogP) is 2.64. The molecule has 0 aliphatic carbocycles. The van der Waals surface area contributed by atoms with E-state index in [2.05, 4.69) is 0 Å². The van der Waals surface area contributed by atoms with Crippen LogP contribution in [0.15, 0.2) is 58.3 Å². The van der Waals surface area contributed by atoms with Gasteiger partial charge in [0.15, 0.2) is 0 Å². The van der Waals surface area contributed by atoms with Crippen LogP contribution in [0.3, 0.4) is 0 Å². The molecule has 2 aromatic carbocycles. The zero-order valence-electron chi connectivity index (χ0n) is 15.7. The minimum absolute atomic E-state index is 0.0158. The van der Waals surface area contributed by atoms with E-state index in [9.17, 15) is 21.2 Å². The van der Waals surface area contributed by atoms with Crippen LogP contribution in [0.2, 0.25) is 0 Å². The van der Waals surface area contributed by atoms with Gasteiger partial charge in [-0.25, -0.2) is 21.2 Å². The van der Waals surface area contributed by atoms with Gasteiger partial charge in [-0.3, -0.25) is 0 Å². The number of hydrogen-bond donors (Lipinski definition) is 0. The summed E-state index contributed by atoms with van der Waals surface area (Å²) in [5, 5.41) is 0. The van der Waals surface area contributed by atoms with Crippen molar-refractivity contribution in [3.05, 3.63) is 59.9 Å². The third-order valence-corrected chi connectivity index (χ3v) is 8.68. The van der Waals surface area contributed by atoms with Gasteiger partial charge in [-0.05, 0) is 35.7 Å². The van der Waals surface area contributed by atoms with Crippen LogP contribution < -0.4 is 0 Å². The molecule has 152 valence electrons. The summed E-state index contributed by atoms with van der Waals surface area (Å²) in [5.74, 6) is -0.522. The molecular weight excluding hydrogens is 403 g/mol. The molecule has 1 aliphatic heterocycles. The maximum absolute atomic E-state index is 13.9. The highest BCUT2D eigenvalue weighted by molar-refractivity contribution is 7.89. The molecule has 0 atom stereocenters. The van der Waals surface area contributed by atoms with E-state index in [0.29, 0.717) is 5.92 Å². The Kier molecular flexibility index (Phi) is 5.90. The number of nitrogens with zero attached hydrogens (tertiary/aromatic N) is 2. The van der Waals surface area contributed by atoms with Gasteiger partial charge in [0, 0.05) is 26.2 Å². The average Bonchev–Trinajstić information content (AvgIpc) is 2.68. The second-order valence-corrected chi connectivity index (χ2v) is 10.8. The summed E-state index contributed by atoms with van der Waals surface area (Å²) >= 11 is 0. The van der Waals surface area contributed by atoms with Crippen molar-refractivity contribution >= 4 is 20.0 Å². The van der Waals surface area contributed by atoms with Crippen molar-refractivity contribution < 1.29 is 21.2 Å². The molecular formula is C19H23FN2O4S2. The first-order valence-electron chi connectivity index (χ1n) is 8.99. The first-order valence-corrected chi connectivity index (χ1v) is 11.9. The van der Waals surface area contributed by atoms with E-state index < -0.39 is 30.8 Å². The Hall–Kier alpha value is -1.81. The summed E-state index contributed by atoms with van der Waals surface area (Å²) in [5.41, 5.74) is 1.04. The zero-order valence-corrected chi connectivity index (χ0v) is 17.4. The lowest BCUT2D eigenvalue weighted by molar-refractivity contribution is 0.272. The molecule has 0 unspecified atom stereocenters. The molecule has 0 spiro atoms. The van der Waals surface area contributed by atoms with Crippen molar-refractivity contribution in [2.45, 2.75) is 29.6 Å². The van der Waals surface area contributed by atoms with Crippen LogP contribution in [0.4, 0.5) is 4.39 Å². The molecule has 2 aromatic rings. The first-order chi connectivity index (χ1) is 13.1. The third-order valence-electron chi connectivity index (χ3n) is 4.84. The van der Waals surface area contributed by atoms with E-state index in [4.69, 9.17) is 0 Å². The minimum Gasteiger partial charge on any atom is -0.207 e. The highest BCUT2D eigenvalue weighted by Crippen LogP contribution is 2.24. The first kappa shape index (κ1) is 20.9. The maximum Gasteiger partial charge on any atom is 0.246 e. The van der Waals surface area contributed by atoms with Crippen LogP contribution in [-0.4, -0.2) is 51.6 Å². The standard InChI is InChI=1S/C19H23FN2O4S2/c1-15(2)16-7-9-17(10-8-16)27(23,24)21-11-13-22(14-12-21)28(25,26)19-6-4-3-5-18(19)20/h3-10,15H,11-14H2,1-2H3. The molecule has 9 heteroatoms. The number of sulfonamides is 2. The van der Waals surface area contributed by atoms with Crippen molar-refractivity contribution in [3.63, 3.8) is 0 Å². The lowest BCUT2D eigenvalue weighted by Crippen LogP contribution is -2.50. The SMILES string of the molecule is CC(C)c1ccc(S(=O)(=O)N2CCN(S(=O)(=O)c3ccccc3F)CC2)cc1. The molecule has 0 saturated carbocycles. The molecule has 6 nitrogen and oxygen atoms in total. The Bertz CT molecular complexity index is 1040. The number of halogens is 1. The Morgan fingerprint density at radius 2 is 1.29 bits per heavy atom. The van der Waals surface area contributed by atoms with E-state index in [1.165, 1.54) is 22.5 Å². The second kappa shape index (κ2) is 7.90. The van der Waals surface area contributed by atoms with E-state index in [1.54, 1.807) is 24.3 Å². The molecule has 0 aromatic heterocycles. The number of piperazine rings is 1. The van der Waals surface area contributed by atoms with Crippen LogP contribution in [0.5, 0.6) is 0 Å². The van der Waals surface area contributed by atoms with Gasteiger partial charge in [-0.1, -0.05) is 38.1 Å². The molecule has 0 amide bonds. The fraction of sp³-hybridized carbons (Fsp3) is 0.368. The molecule has 1 fully saturated rings. The number of benzene rings is 2. The summed E-state index contributed by atoms with van der Waals surface area (Å²) in [4.78, 5) is -0.210. The maximum atomic E-state index is 13.9. The van der Waals surface area contributed by atoms with Crippen LogP contribution in [0, 0.1) is 5.82 Å². The largest absolute Gasteiger partial charge is 0.246 e. The average molecular weight is 427 g/mol. The quantitative estimate of drug-likeness (QED) is 0.737. The topological polar surface area (TPSA) is 74.8 Å². The summed E-state index contributed by atoms with van der Waals surface area (Å²) in [6.07, 6.45) is 0. The van der Waals surface area contributed by atoms with Crippen LogP contribution in [-0.2, 0) is 20.0 Å². The van der Waals surface area contributed by atoms with Crippen LogP contribution >= 0.6 is 0 Å². The Morgan fingerprint density at radius 3 is 1.79 bits per heavy atom. The van der Waals surface area contributed by atoms with E-state index in [0.717, 1.165) is 15.9 Å². The molecule has 1 saturated heterocycles. The van der Waals surface area contributed by atoms with Crippen LogP contribution in [0.1, 0.15) is 25.3 Å². The van der Waals surface area contributed by atoms with E-state index in [-0.39, 0.29) is 31.1 Å². The molecule has 1 heterocycles. The Balaban J connectivity index is 1.75. The molecule has 3 rings (SSSR count). The van der Waals surface area contributed by atoms with Gasteiger partial charge in [-0.2, -0.15) is 8.61 Å². The molecule has 28 heavy (non-hydrogen) atoms. The molecule has 0 bridgehead atoms. The minimum atomic E-state index is -4.00. The van der Waals surface area contributed by atoms with Gasteiger partial charge in [-0.15, -0.1) is 0 Å². The summed E-state index contributed by atoms with van der Waals surface area (Å²) in [6, 6.07) is 11.9. The normalized spacial score (nSPS) is 17.1. The Labute approximate surface area is 165 Å². The van der Waals surface area contributed by atoms with Crippen molar-refractivity contribution in [1.29, 1.82) is 0 Å².